The van der Waals surface area contributed by atoms with Crippen LogP contribution in [0.1, 0.15) is 23.9 Å². The summed E-state index contributed by atoms with van der Waals surface area (Å²) in [5.41, 5.74) is 3.48. The molecule has 0 spiro atoms. The molecule has 0 radical (unpaired) electrons. The lowest BCUT2D eigenvalue weighted by Crippen LogP contribution is -2.15. The molecule has 0 fully saturated rings. The van der Waals surface area contributed by atoms with E-state index in [0.717, 1.165) is 30.8 Å². The van der Waals surface area contributed by atoms with E-state index in [0.29, 0.717) is 5.88 Å². The number of rotatable bonds is 6. The number of aromatic nitrogens is 3. The molecule has 2 heterocycles. The van der Waals surface area contributed by atoms with Gasteiger partial charge in [0.2, 0.25) is 5.88 Å². The van der Waals surface area contributed by atoms with Crippen molar-refractivity contribution < 1.29 is 4.74 Å². The number of methoxy groups -OCH3 is 1. The highest BCUT2D eigenvalue weighted by molar-refractivity contribution is 5.20. The van der Waals surface area contributed by atoms with E-state index in [2.05, 4.69) is 28.4 Å². The number of nitrogens with one attached hydrogen (secondary N) is 1. The van der Waals surface area contributed by atoms with Crippen molar-refractivity contribution in [2.45, 2.75) is 26.4 Å². The SMILES string of the molecule is CCc1cc(CNCc2ccnc(OC)c2)n(C)n1. The van der Waals surface area contributed by atoms with Gasteiger partial charge in [0.1, 0.15) is 0 Å². The molecule has 0 aliphatic carbocycles. The Labute approximate surface area is 113 Å². The first kappa shape index (κ1) is 13.5. The van der Waals surface area contributed by atoms with Crippen LogP contribution in [0.4, 0.5) is 0 Å². The van der Waals surface area contributed by atoms with Crippen LogP contribution in [0, 0.1) is 0 Å². The Balaban J connectivity index is 1.90. The Bertz CT molecular complexity index is 536. The van der Waals surface area contributed by atoms with E-state index < -0.39 is 0 Å². The summed E-state index contributed by atoms with van der Waals surface area (Å²) in [6.45, 7) is 3.70. The molecular weight excluding hydrogens is 240 g/mol. The van der Waals surface area contributed by atoms with Crippen LogP contribution in [0.5, 0.6) is 5.88 Å². The van der Waals surface area contributed by atoms with Gasteiger partial charge in [-0.3, -0.25) is 4.68 Å². The van der Waals surface area contributed by atoms with Gasteiger partial charge >= 0.3 is 0 Å². The number of ether oxygens (including phenoxy) is 1. The Kier molecular flexibility index (Phi) is 4.52. The van der Waals surface area contributed by atoms with Gasteiger partial charge in [-0.15, -0.1) is 0 Å². The molecule has 1 N–H and O–H groups in total. The molecule has 0 saturated heterocycles. The Morgan fingerprint density at radius 2 is 2.16 bits per heavy atom. The van der Waals surface area contributed by atoms with E-state index in [9.17, 15) is 0 Å². The maximum atomic E-state index is 5.10. The van der Waals surface area contributed by atoms with E-state index in [1.165, 1.54) is 5.69 Å². The fourth-order valence-electron chi connectivity index (χ4n) is 1.92. The van der Waals surface area contributed by atoms with Crippen LogP contribution in [0.25, 0.3) is 0 Å². The van der Waals surface area contributed by atoms with Crippen LogP contribution in [-0.4, -0.2) is 21.9 Å². The van der Waals surface area contributed by atoms with Crippen molar-refractivity contribution in [3.8, 4) is 5.88 Å². The highest BCUT2D eigenvalue weighted by atomic mass is 16.5. The largest absolute Gasteiger partial charge is 0.481 e. The first-order valence-electron chi connectivity index (χ1n) is 6.44. The summed E-state index contributed by atoms with van der Waals surface area (Å²) in [5, 5.41) is 7.83. The minimum atomic E-state index is 0.646. The van der Waals surface area contributed by atoms with Gasteiger partial charge in [0.05, 0.1) is 18.5 Å². The fourth-order valence-corrected chi connectivity index (χ4v) is 1.92. The summed E-state index contributed by atoms with van der Waals surface area (Å²) in [6, 6.07) is 6.06. The van der Waals surface area contributed by atoms with Crippen LogP contribution in [0.3, 0.4) is 0 Å². The third-order valence-corrected chi connectivity index (χ3v) is 3.03. The Hall–Kier alpha value is -1.88. The number of aryl methyl sites for hydroxylation is 2. The molecule has 2 aromatic rings. The van der Waals surface area contributed by atoms with Crippen molar-refractivity contribution in [3.05, 3.63) is 41.3 Å². The topological polar surface area (TPSA) is 52.0 Å². The lowest BCUT2D eigenvalue weighted by Gasteiger charge is -2.06. The molecule has 2 rings (SSSR count). The van der Waals surface area contributed by atoms with Crippen molar-refractivity contribution in [3.63, 3.8) is 0 Å². The summed E-state index contributed by atoms with van der Waals surface area (Å²) in [4.78, 5) is 4.09. The number of nitrogens with zero attached hydrogens (tertiary/aromatic N) is 3. The van der Waals surface area contributed by atoms with Gasteiger partial charge in [-0.25, -0.2) is 4.98 Å². The zero-order valence-electron chi connectivity index (χ0n) is 11.7. The van der Waals surface area contributed by atoms with Crippen LogP contribution in [0.15, 0.2) is 24.4 Å². The molecule has 0 amide bonds. The molecule has 19 heavy (non-hydrogen) atoms. The second kappa shape index (κ2) is 6.33. The molecule has 0 aliphatic rings. The number of pyridine rings is 1. The maximum Gasteiger partial charge on any atom is 0.213 e. The van der Waals surface area contributed by atoms with E-state index in [4.69, 9.17) is 4.74 Å². The van der Waals surface area contributed by atoms with Gasteiger partial charge in [-0.1, -0.05) is 6.92 Å². The van der Waals surface area contributed by atoms with Crippen molar-refractivity contribution in [1.29, 1.82) is 0 Å². The van der Waals surface area contributed by atoms with Crippen molar-refractivity contribution in [2.24, 2.45) is 7.05 Å². The molecule has 0 aliphatic heterocycles. The molecular formula is C14H20N4O. The predicted octanol–water partition coefficient (Wildman–Crippen LogP) is 1.68. The minimum Gasteiger partial charge on any atom is -0.481 e. The van der Waals surface area contributed by atoms with Gasteiger partial charge in [-0.2, -0.15) is 5.10 Å². The van der Waals surface area contributed by atoms with Gasteiger partial charge in [0.25, 0.3) is 0 Å². The van der Waals surface area contributed by atoms with Crippen LogP contribution >= 0.6 is 0 Å². The van der Waals surface area contributed by atoms with Gasteiger partial charge < -0.3 is 10.1 Å². The first-order chi connectivity index (χ1) is 9.22. The summed E-state index contributed by atoms with van der Waals surface area (Å²) in [6.07, 6.45) is 2.73. The van der Waals surface area contributed by atoms with Crippen LogP contribution < -0.4 is 10.1 Å². The lowest BCUT2D eigenvalue weighted by atomic mass is 10.2. The maximum absolute atomic E-state index is 5.10. The molecule has 0 bridgehead atoms. The highest BCUT2D eigenvalue weighted by Crippen LogP contribution is 2.09. The third kappa shape index (κ3) is 3.54. The predicted molar refractivity (Wildman–Crippen MR) is 73.9 cm³/mol. The average molecular weight is 260 g/mol. The summed E-state index contributed by atoms with van der Waals surface area (Å²) in [7, 11) is 3.60. The fraction of sp³-hybridized carbons (Fsp3) is 0.429. The van der Waals surface area contributed by atoms with Crippen molar-refractivity contribution in [1.82, 2.24) is 20.1 Å². The minimum absolute atomic E-state index is 0.646. The van der Waals surface area contributed by atoms with Crippen LogP contribution in [-0.2, 0) is 26.6 Å². The highest BCUT2D eigenvalue weighted by Gasteiger charge is 2.03. The number of hydrogen-bond donors (Lipinski definition) is 1. The molecule has 0 aromatic carbocycles. The normalized spacial score (nSPS) is 10.7. The third-order valence-electron chi connectivity index (χ3n) is 3.03. The van der Waals surface area contributed by atoms with Crippen molar-refractivity contribution >= 4 is 0 Å². The monoisotopic (exact) mass is 260 g/mol. The van der Waals surface area contributed by atoms with Crippen molar-refractivity contribution in [2.75, 3.05) is 7.11 Å². The summed E-state index contributed by atoms with van der Waals surface area (Å²) >= 11 is 0. The van der Waals surface area contributed by atoms with Gasteiger partial charge in [0, 0.05) is 32.4 Å². The molecule has 0 atom stereocenters. The quantitative estimate of drug-likeness (QED) is 0.858. The van der Waals surface area contributed by atoms with Gasteiger partial charge in [0.15, 0.2) is 0 Å². The van der Waals surface area contributed by atoms with Gasteiger partial charge in [-0.05, 0) is 24.1 Å². The molecule has 0 saturated carbocycles. The second-order valence-electron chi connectivity index (χ2n) is 4.41. The number of hydrogen-bond acceptors (Lipinski definition) is 4. The Morgan fingerprint density at radius 1 is 1.32 bits per heavy atom. The molecule has 5 nitrogen and oxygen atoms in total. The standard InChI is InChI=1S/C14H20N4O/c1-4-12-8-13(18(2)17-12)10-15-9-11-5-6-16-14(7-11)19-3/h5-8,15H,4,9-10H2,1-3H3. The summed E-state index contributed by atoms with van der Waals surface area (Å²) in [5.74, 6) is 0.646. The molecule has 2 aromatic heterocycles. The summed E-state index contributed by atoms with van der Waals surface area (Å²) < 4.78 is 7.03. The molecule has 5 heteroatoms. The van der Waals surface area contributed by atoms with Crippen LogP contribution in [0.2, 0.25) is 0 Å². The first-order valence-corrected chi connectivity index (χ1v) is 6.44. The zero-order valence-corrected chi connectivity index (χ0v) is 11.7. The smallest absolute Gasteiger partial charge is 0.213 e. The Morgan fingerprint density at radius 3 is 2.84 bits per heavy atom. The van der Waals surface area contributed by atoms with E-state index in [1.54, 1.807) is 13.3 Å². The average Bonchev–Trinajstić information content (AvgIpc) is 2.80. The molecule has 102 valence electrons. The zero-order chi connectivity index (χ0) is 13.7. The lowest BCUT2D eigenvalue weighted by molar-refractivity contribution is 0.397. The second-order valence-corrected chi connectivity index (χ2v) is 4.41. The van der Waals surface area contributed by atoms with E-state index in [-0.39, 0.29) is 0 Å². The van der Waals surface area contributed by atoms with E-state index in [1.807, 2.05) is 23.9 Å². The molecule has 0 unspecified atom stereocenters. The van der Waals surface area contributed by atoms with E-state index >= 15 is 0 Å².